The first-order valence-corrected chi connectivity index (χ1v) is 15.0. The van der Waals surface area contributed by atoms with Crippen LogP contribution in [-0.4, -0.2) is 0 Å². The fourth-order valence-corrected chi connectivity index (χ4v) is 10.6. The molecule has 0 N–H and O–H groups in total. The van der Waals surface area contributed by atoms with E-state index >= 15 is 0 Å². The summed E-state index contributed by atoms with van der Waals surface area (Å²) in [6, 6.07) is 0. The number of allylic oxidation sites excluding steroid dienone is 4. The highest BCUT2D eigenvalue weighted by Gasteiger charge is 2.94. The van der Waals surface area contributed by atoms with Crippen molar-refractivity contribution >= 4 is 0 Å². The van der Waals surface area contributed by atoms with E-state index < -0.39 is 0 Å². The molecule has 0 aromatic carbocycles. The summed E-state index contributed by atoms with van der Waals surface area (Å²) in [6.45, 7) is 19.7. The van der Waals surface area contributed by atoms with Crippen LogP contribution < -0.4 is 0 Å². The molecule has 0 unspecified atom stereocenters. The zero-order valence-electron chi connectivity index (χ0n) is 23.3. The number of hydrogen-bond donors (Lipinski definition) is 0. The zero-order chi connectivity index (χ0) is 23.6. The molecule has 0 radical (unpaired) electrons. The standard InChI is InChI=1S/C32H56/c1-9-17-25-26(18-10-2)30(22-14-6)29(25,21-13-5)31(23-15-7)27(19-11-3)28(20-12-4)32(30,31)24-16-8/h9-24H2,1-8H3. The van der Waals surface area contributed by atoms with Crippen LogP contribution in [0.3, 0.4) is 0 Å². The molecule has 0 amide bonds. The molecule has 0 heterocycles. The predicted molar refractivity (Wildman–Crippen MR) is 143 cm³/mol. The number of rotatable bonds is 16. The second kappa shape index (κ2) is 10.00. The molecule has 0 heteroatoms. The minimum atomic E-state index is 0.498. The molecule has 3 rings (SSSR count). The molecule has 1 saturated carbocycles. The smallest absolute Gasteiger partial charge is 0.0119 e. The molecule has 0 aromatic heterocycles. The van der Waals surface area contributed by atoms with Crippen LogP contribution in [0.25, 0.3) is 0 Å². The summed E-state index contributed by atoms with van der Waals surface area (Å²) in [7, 11) is 0. The van der Waals surface area contributed by atoms with Crippen LogP contribution in [0, 0.1) is 21.7 Å². The van der Waals surface area contributed by atoms with Crippen LogP contribution >= 0.6 is 0 Å². The van der Waals surface area contributed by atoms with E-state index in [0.717, 1.165) is 0 Å². The molecule has 184 valence electrons. The normalized spacial score (nSPS) is 35.2. The first-order valence-electron chi connectivity index (χ1n) is 15.0. The van der Waals surface area contributed by atoms with E-state index in [-0.39, 0.29) is 0 Å². The Labute approximate surface area is 202 Å². The van der Waals surface area contributed by atoms with Crippen molar-refractivity contribution in [2.75, 3.05) is 0 Å². The fraction of sp³-hybridized carbons (Fsp3) is 0.875. The number of fused-ring (bicyclic) bond motifs is 4. The van der Waals surface area contributed by atoms with E-state index in [9.17, 15) is 0 Å². The molecule has 0 aliphatic heterocycles. The van der Waals surface area contributed by atoms with Crippen LogP contribution in [0.2, 0.25) is 0 Å². The van der Waals surface area contributed by atoms with Crippen LogP contribution in [0.5, 0.6) is 0 Å². The monoisotopic (exact) mass is 440 g/mol. The topological polar surface area (TPSA) is 0 Å². The SMILES string of the molecule is CCCC1=C(CCC)C2(CCC)C1(CCC)C1(CCC)C(CCC)=C(CCC)C21CCC. The van der Waals surface area contributed by atoms with Crippen molar-refractivity contribution < 1.29 is 0 Å². The van der Waals surface area contributed by atoms with Crippen LogP contribution in [0.15, 0.2) is 22.3 Å². The van der Waals surface area contributed by atoms with Gasteiger partial charge in [-0.1, -0.05) is 129 Å². The molecule has 0 aromatic rings. The van der Waals surface area contributed by atoms with Crippen molar-refractivity contribution in [2.24, 2.45) is 21.7 Å². The van der Waals surface area contributed by atoms with Crippen molar-refractivity contribution in [3.63, 3.8) is 0 Å². The van der Waals surface area contributed by atoms with Crippen LogP contribution in [0.1, 0.15) is 158 Å². The van der Waals surface area contributed by atoms with E-state index in [1.54, 1.807) is 0 Å². The van der Waals surface area contributed by atoms with Crippen molar-refractivity contribution in [1.29, 1.82) is 0 Å². The molecule has 1 fully saturated rings. The quantitative estimate of drug-likeness (QED) is 0.209. The molecule has 0 bridgehead atoms. The lowest BCUT2D eigenvalue weighted by molar-refractivity contribution is -0.340. The van der Waals surface area contributed by atoms with Crippen molar-refractivity contribution in [2.45, 2.75) is 158 Å². The maximum Gasteiger partial charge on any atom is 0.0119 e. The third-order valence-corrected chi connectivity index (χ3v) is 10.2. The lowest BCUT2D eigenvalue weighted by Gasteiger charge is -2.95. The maximum atomic E-state index is 2.49. The molecular weight excluding hydrogens is 384 g/mol. The van der Waals surface area contributed by atoms with Crippen molar-refractivity contribution in [1.82, 2.24) is 0 Å². The van der Waals surface area contributed by atoms with E-state index in [2.05, 4.69) is 55.4 Å². The van der Waals surface area contributed by atoms with E-state index in [1.807, 2.05) is 22.3 Å². The molecule has 0 atom stereocenters. The summed E-state index contributed by atoms with van der Waals surface area (Å²) in [5.74, 6) is 0. The van der Waals surface area contributed by atoms with Gasteiger partial charge in [0.2, 0.25) is 0 Å². The van der Waals surface area contributed by atoms with Gasteiger partial charge in [-0.25, -0.2) is 0 Å². The minimum absolute atomic E-state index is 0.498. The Balaban J connectivity index is 2.40. The Morgan fingerprint density at radius 2 is 0.500 bits per heavy atom. The van der Waals surface area contributed by atoms with Gasteiger partial charge >= 0.3 is 0 Å². The summed E-state index contributed by atoms with van der Waals surface area (Å²) in [6.07, 6.45) is 22.0. The van der Waals surface area contributed by atoms with Crippen LogP contribution in [-0.2, 0) is 0 Å². The third-order valence-electron chi connectivity index (χ3n) is 10.2. The van der Waals surface area contributed by atoms with E-state index in [0.29, 0.717) is 21.7 Å². The van der Waals surface area contributed by atoms with Gasteiger partial charge in [-0.3, -0.25) is 0 Å². The summed E-state index contributed by atoms with van der Waals surface area (Å²) in [4.78, 5) is 0. The zero-order valence-corrected chi connectivity index (χ0v) is 23.3. The van der Waals surface area contributed by atoms with Crippen molar-refractivity contribution in [3.8, 4) is 0 Å². The van der Waals surface area contributed by atoms with Gasteiger partial charge in [-0.15, -0.1) is 0 Å². The summed E-state index contributed by atoms with van der Waals surface area (Å²) >= 11 is 0. The van der Waals surface area contributed by atoms with Gasteiger partial charge in [0.05, 0.1) is 0 Å². The highest BCUT2D eigenvalue weighted by molar-refractivity contribution is 5.70. The lowest BCUT2D eigenvalue weighted by atomic mass is 9.08. The summed E-state index contributed by atoms with van der Waals surface area (Å²) in [5.41, 5.74) is 9.94. The first-order chi connectivity index (χ1) is 15.5. The highest BCUT2D eigenvalue weighted by atomic mass is 15.0. The Morgan fingerprint density at radius 3 is 0.625 bits per heavy atom. The third kappa shape index (κ3) is 2.62. The molecule has 0 nitrogen and oxygen atoms in total. The number of hydrogen-bond acceptors (Lipinski definition) is 0. The second-order valence-electron chi connectivity index (χ2n) is 11.5. The Morgan fingerprint density at radius 1 is 0.312 bits per heavy atom. The van der Waals surface area contributed by atoms with E-state index in [1.165, 1.54) is 103 Å². The lowest BCUT2D eigenvalue weighted by Crippen LogP contribution is -2.88. The summed E-state index contributed by atoms with van der Waals surface area (Å²) < 4.78 is 0. The van der Waals surface area contributed by atoms with Gasteiger partial charge < -0.3 is 0 Å². The van der Waals surface area contributed by atoms with Gasteiger partial charge in [0.15, 0.2) is 0 Å². The molecule has 32 heavy (non-hydrogen) atoms. The van der Waals surface area contributed by atoms with Crippen LogP contribution in [0.4, 0.5) is 0 Å². The average molecular weight is 441 g/mol. The van der Waals surface area contributed by atoms with Gasteiger partial charge in [-0.2, -0.15) is 0 Å². The fourth-order valence-electron chi connectivity index (χ4n) is 10.6. The highest BCUT2D eigenvalue weighted by Crippen LogP contribution is 3.00. The van der Waals surface area contributed by atoms with Gasteiger partial charge in [-0.05, 0) is 51.4 Å². The average Bonchev–Trinajstić information content (AvgIpc) is 2.78. The summed E-state index contributed by atoms with van der Waals surface area (Å²) in [5, 5.41) is 0. The van der Waals surface area contributed by atoms with E-state index in [4.69, 9.17) is 0 Å². The first kappa shape index (κ1) is 26.1. The second-order valence-corrected chi connectivity index (χ2v) is 11.5. The molecular formula is C32H56. The Kier molecular flexibility index (Phi) is 8.15. The molecule has 0 saturated heterocycles. The van der Waals surface area contributed by atoms with Crippen molar-refractivity contribution in [3.05, 3.63) is 22.3 Å². The molecule has 3 aliphatic rings. The van der Waals surface area contributed by atoms with Gasteiger partial charge in [0.1, 0.15) is 0 Å². The molecule has 3 aliphatic carbocycles. The largest absolute Gasteiger partial charge is 0.0653 e. The van der Waals surface area contributed by atoms with Gasteiger partial charge in [0, 0.05) is 21.7 Å². The predicted octanol–water partition coefficient (Wildman–Crippen LogP) is 11.0. The Bertz CT molecular complexity index is 584. The Hall–Kier alpha value is -0.520. The maximum absolute atomic E-state index is 2.49. The molecule has 0 spiro atoms. The minimum Gasteiger partial charge on any atom is -0.0653 e. The van der Waals surface area contributed by atoms with Gasteiger partial charge in [0.25, 0.3) is 0 Å².